The van der Waals surface area contributed by atoms with Crippen LogP contribution in [0.1, 0.15) is 5.56 Å². The normalized spacial score (nSPS) is 10.7. The van der Waals surface area contributed by atoms with Gasteiger partial charge in [-0.1, -0.05) is 12.1 Å². The van der Waals surface area contributed by atoms with Gasteiger partial charge in [0.05, 0.1) is 32.7 Å². The number of carbonyl (C=O) groups is 1. The number of para-hydroxylation sites is 2. The van der Waals surface area contributed by atoms with Gasteiger partial charge in [0, 0.05) is 0 Å². The monoisotopic (exact) mass is 379 g/mol. The molecule has 144 valence electrons. The maximum Gasteiger partial charge on any atom is 0.387 e. The zero-order chi connectivity index (χ0) is 19.6. The first-order valence-electron chi connectivity index (χ1n) is 7.85. The van der Waals surface area contributed by atoms with Crippen LogP contribution in [0, 0.1) is 0 Å². The lowest BCUT2D eigenvalue weighted by atomic mass is 10.2. The third kappa shape index (κ3) is 6.14. The van der Waals surface area contributed by atoms with Crippen molar-refractivity contribution in [1.29, 1.82) is 0 Å². The minimum absolute atomic E-state index is 0.0277. The van der Waals surface area contributed by atoms with Gasteiger partial charge in [-0.05, 0) is 35.9 Å². The summed E-state index contributed by atoms with van der Waals surface area (Å²) in [6, 6.07) is 11.5. The second-order valence-electron chi connectivity index (χ2n) is 5.14. The predicted molar refractivity (Wildman–Crippen MR) is 96.8 cm³/mol. The zero-order valence-electron chi connectivity index (χ0n) is 14.7. The Morgan fingerprint density at radius 1 is 1.11 bits per heavy atom. The molecule has 0 bridgehead atoms. The third-order valence-electron chi connectivity index (χ3n) is 3.35. The summed E-state index contributed by atoms with van der Waals surface area (Å²) in [5, 5.41) is 6.72. The predicted octanol–water partition coefficient (Wildman–Crippen LogP) is 2.87. The number of anilines is 1. The quantitative estimate of drug-likeness (QED) is 0.517. The van der Waals surface area contributed by atoms with Crippen molar-refractivity contribution < 1.29 is 27.8 Å². The Morgan fingerprint density at radius 2 is 1.85 bits per heavy atom. The van der Waals surface area contributed by atoms with E-state index < -0.39 is 12.5 Å². The second-order valence-corrected chi connectivity index (χ2v) is 5.14. The van der Waals surface area contributed by atoms with Crippen LogP contribution in [0.15, 0.2) is 47.6 Å². The number of carbonyl (C=O) groups excluding carboxylic acids is 1. The van der Waals surface area contributed by atoms with Gasteiger partial charge in [0.25, 0.3) is 5.91 Å². The van der Waals surface area contributed by atoms with Gasteiger partial charge in [0.2, 0.25) is 0 Å². The fourth-order valence-electron chi connectivity index (χ4n) is 2.15. The van der Waals surface area contributed by atoms with Crippen LogP contribution >= 0.6 is 0 Å². The van der Waals surface area contributed by atoms with E-state index in [1.807, 2.05) is 12.1 Å². The molecule has 1 amide bonds. The number of rotatable bonds is 9. The maximum atomic E-state index is 12.4. The number of halogens is 2. The molecule has 0 aliphatic heterocycles. The number of ether oxygens (including phenoxy) is 3. The van der Waals surface area contributed by atoms with E-state index in [0.29, 0.717) is 17.0 Å². The van der Waals surface area contributed by atoms with Crippen molar-refractivity contribution >= 4 is 17.8 Å². The lowest BCUT2D eigenvalue weighted by Gasteiger charge is -2.10. The van der Waals surface area contributed by atoms with Crippen molar-refractivity contribution in [3.05, 3.63) is 48.0 Å². The van der Waals surface area contributed by atoms with Crippen LogP contribution in [0.3, 0.4) is 0 Å². The van der Waals surface area contributed by atoms with Gasteiger partial charge in [-0.3, -0.25) is 4.79 Å². The van der Waals surface area contributed by atoms with E-state index in [1.54, 1.807) is 18.2 Å². The summed E-state index contributed by atoms with van der Waals surface area (Å²) in [6.45, 7) is -3.01. The van der Waals surface area contributed by atoms with Crippen LogP contribution in [-0.2, 0) is 4.79 Å². The first kappa shape index (κ1) is 20.0. The molecule has 0 fully saturated rings. The van der Waals surface area contributed by atoms with Gasteiger partial charge < -0.3 is 19.5 Å². The number of alkyl halides is 2. The van der Waals surface area contributed by atoms with Gasteiger partial charge in [-0.15, -0.1) is 0 Å². The standard InChI is InChI=1S/C18H19F2N3O4/c1-25-14-6-4-3-5-13(14)21-11-17(24)23-22-10-12-7-8-15(26-2)16(9-12)27-18(19)20/h3-10,18,21H,11H2,1-2H3,(H,23,24)/b22-10-. The number of nitrogens with zero attached hydrogens (tertiary/aromatic N) is 1. The van der Waals surface area contributed by atoms with Crippen LogP contribution in [0.25, 0.3) is 0 Å². The number of methoxy groups -OCH3 is 2. The van der Waals surface area contributed by atoms with Gasteiger partial charge >= 0.3 is 6.61 Å². The van der Waals surface area contributed by atoms with Crippen molar-refractivity contribution in [1.82, 2.24) is 5.43 Å². The molecule has 0 unspecified atom stereocenters. The summed E-state index contributed by atoms with van der Waals surface area (Å²) in [5.41, 5.74) is 3.45. The number of hydrazone groups is 1. The minimum atomic E-state index is -2.98. The molecule has 0 aliphatic carbocycles. The molecule has 0 heterocycles. The molecule has 0 aromatic heterocycles. The Balaban J connectivity index is 1.91. The summed E-state index contributed by atoms with van der Waals surface area (Å²) in [6.07, 6.45) is 1.30. The lowest BCUT2D eigenvalue weighted by molar-refractivity contribution is -0.119. The highest BCUT2D eigenvalue weighted by atomic mass is 19.3. The second kappa shape index (κ2) is 9.95. The average Bonchev–Trinajstić information content (AvgIpc) is 2.66. The van der Waals surface area contributed by atoms with Crippen LogP contribution in [0.2, 0.25) is 0 Å². The number of nitrogens with one attached hydrogen (secondary N) is 2. The molecule has 2 aromatic rings. The summed E-state index contributed by atoms with van der Waals surface area (Å²) in [7, 11) is 2.88. The van der Waals surface area contributed by atoms with E-state index in [0.717, 1.165) is 0 Å². The van der Waals surface area contributed by atoms with E-state index in [4.69, 9.17) is 9.47 Å². The Bertz CT molecular complexity index is 800. The molecule has 0 saturated carbocycles. The molecule has 0 saturated heterocycles. The summed E-state index contributed by atoms with van der Waals surface area (Å²) >= 11 is 0. The summed E-state index contributed by atoms with van der Waals surface area (Å²) < 4.78 is 39.3. The number of benzene rings is 2. The van der Waals surface area contributed by atoms with E-state index >= 15 is 0 Å². The summed E-state index contributed by atoms with van der Waals surface area (Å²) in [5.74, 6) is 0.256. The summed E-state index contributed by atoms with van der Waals surface area (Å²) in [4.78, 5) is 11.8. The number of hydrogen-bond acceptors (Lipinski definition) is 6. The zero-order valence-corrected chi connectivity index (χ0v) is 14.7. The molecule has 0 radical (unpaired) electrons. The molecule has 0 atom stereocenters. The van der Waals surface area contributed by atoms with Gasteiger partial charge in [0.15, 0.2) is 11.5 Å². The molecule has 2 N–H and O–H groups in total. The van der Waals surface area contributed by atoms with Crippen molar-refractivity contribution in [2.24, 2.45) is 5.10 Å². The van der Waals surface area contributed by atoms with Crippen LogP contribution in [0.4, 0.5) is 14.5 Å². The first-order chi connectivity index (χ1) is 13.0. The third-order valence-corrected chi connectivity index (χ3v) is 3.35. The largest absolute Gasteiger partial charge is 0.495 e. The Morgan fingerprint density at radius 3 is 2.56 bits per heavy atom. The molecule has 0 spiro atoms. The van der Waals surface area contributed by atoms with Crippen LogP contribution in [-0.4, -0.2) is 39.5 Å². The highest BCUT2D eigenvalue weighted by molar-refractivity contribution is 5.85. The Hall–Kier alpha value is -3.36. The number of amides is 1. The van der Waals surface area contributed by atoms with Gasteiger partial charge in [0.1, 0.15) is 5.75 Å². The highest BCUT2D eigenvalue weighted by Gasteiger charge is 2.11. The van der Waals surface area contributed by atoms with E-state index in [-0.39, 0.29) is 18.0 Å². The minimum Gasteiger partial charge on any atom is -0.495 e. The van der Waals surface area contributed by atoms with Crippen molar-refractivity contribution in [2.75, 3.05) is 26.1 Å². The number of hydrogen-bond donors (Lipinski definition) is 2. The van der Waals surface area contributed by atoms with E-state index in [2.05, 4.69) is 20.6 Å². The SMILES string of the molecule is COc1ccccc1NCC(=O)N/N=C\c1ccc(OC)c(OC(F)F)c1. The van der Waals surface area contributed by atoms with Crippen LogP contribution in [0.5, 0.6) is 17.2 Å². The smallest absolute Gasteiger partial charge is 0.387 e. The molecular weight excluding hydrogens is 360 g/mol. The Labute approximate surface area is 154 Å². The maximum absolute atomic E-state index is 12.4. The molecule has 0 aliphatic rings. The van der Waals surface area contributed by atoms with Gasteiger partial charge in [-0.25, -0.2) is 5.43 Å². The highest BCUT2D eigenvalue weighted by Crippen LogP contribution is 2.29. The molecule has 9 heteroatoms. The van der Waals surface area contributed by atoms with E-state index in [9.17, 15) is 13.6 Å². The molecule has 7 nitrogen and oxygen atoms in total. The Kier molecular flexibility index (Phi) is 7.36. The molecule has 2 aromatic carbocycles. The fraction of sp³-hybridized carbons (Fsp3) is 0.222. The van der Waals surface area contributed by atoms with Crippen molar-refractivity contribution in [3.63, 3.8) is 0 Å². The molecular formula is C18H19F2N3O4. The topological polar surface area (TPSA) is 81.2 Å². The molecule has 27 heavy (non-hydrogen) atoms. The average molecular weight is 379 g/mol. The lowest BCUT2D eigenvalue weighted by Crippen LogP contribution is -2.26. The molecule has 2 rings (SSSR count). The van der Waals surface area contributed by atoms with E-state index in [1.165, 1.54) is 32.6 Å². The van der Waals surface area contributed by atoms with Crippen molar-refractivity contribution in [3.8, 4) is 17.2 Å². The van der Waals surface area contributed by atoms with Crippen molar-refractivity contribution in [2.45, 2.75) is 6.61 Å². The first-order valence-corrected chi connectivity index (χ1v) is 7.85. The van der Waals surface area contributed by atoms with Gasteiger partial charge in [-0.2, -0.15) is 13.9 Å². The van der Waals surface area contributed by atoms with Crippen LogP contribution < -0.4 is 25.0 Å². The fourth-order valence-corrected chi connectivity index (χ4v) is 2.15.